The maximum Gasteiger partial charge on any atom is 0.226 e. The van der Waals surface area contributed by atoms with Gasteiger partial charge in [-0.3, -0.25) is 9.69 Å². The van der Waals surface area contributed by atoms with Gasteiger partial charge in [-0.25, -0.2) is 0 Å². The minimum atomic E-state index is -0.393. The lowest BCUT2D eigenvalue weighted by molar-refractivity contribution is -0.139. The van der Waals surface area contributed by atoms with E-state index in [0.717, 1.165) is 25.3 Å². The topological polar surface area (TPSA) is 42.0 Å². The molecule has 3 heterocycles. The fourth-order valence-corrected chi connectivity index (χ4v) is 5.38. The Morgan fingerprint density at radius 2 is 2.00 bits per heavy atom. The third-order valence-electron chi connectivity index (χ3n) is 6.87. The van der Waals surface area contributed by atoms with Crippen LogP contribution >= 0.6 is 0 Å². The number of carbonyl (C=O) groups is 1. The maximum absolute atomic E-state index is 12.8. The van der Waals surface area contributed by atoms with E-state index in [0.29, 0.717) is 18.9 Å². The number of hydrogen-bond donors (Lipinski definition) is 0. The second-order valence-corrected chi connectivity index (χ2v) is 8.72. The summed E-state index contributed by atoms with van der Waals surface area (Å²) in [4.78, 5) is 17.4. The van der Waals surface area contributed by atoms with Gasteiger partial charge in [0.05, 0.1) is 25.8 Å². The highest BCUT2D eigenvalue weighted by Gasteiger charge is 2.64. The van der Waals surface area contributed by atoms with E-state index >= 15 is 0 Å². The van der Waals surface area contributed by atoms with E-state index in [2.05, 4.69) is 54.0 Å². The quantitative estimate of drug-likeness (QED) is 0.815. The number of ether oxygens (including phenoxy) is 2. The molecular formula is C23H28N2O3. The maximum atomic E-state index is 12.8. The minimum Gasteiger partial charge on any atom is -0.497 e. The summed E-state index contributed by atoms with van der Waals surface area (Å²) < 4.78 is 11.7. The van der Waals surface area contributed by atoms with Crippen LogP contribution in [0.25, 0.3) is 10.8 Å². The van der Waals surface area contributed by atoms with Crippen LogP contribution in [-0.2, 0) is 16.1 Å². The molecule has 0 N–H and O–H groups in total. The highest BCUT2D eigenvalue weighted by molar-refractivity contribution is 5.84. The smallest absolute Gasteiger partial charge is 0.226 e. The average Bonchev–Trinajstić information content (AvgIpc) is 3.31. The Morgan fingerprint density at radius 1 is 1.21 bits per heavy atom. The van der Waals surface area contributed by atoms with Crippen LogP contribution in [0.2, 0.25) is 0 Å². The Balaban J connectivity index is 1.39. The summed E-state index contributed by atoms with van der Waals surface area (Å²) in [5.41, 5.74) is 0.884. The number of benzene rings is 2. The summed E-state index contributed by atoms with van der Waals surface area (Å²) in [5, 5.41) is 2.40. The summed E-state index contributed by atoms with van der Waals surface area (Å²) in [7, 11) is 1.69. The van der Waals surface area contributed by atoms with Crippen molar-refractivity contribution in [2.75, 3.05) is 20.3 Å². The predicted octanol–water partition coefficient (Wildman–Crippen LogP) is 3.41. The molecule has 1 spiro atoms. The molecule has 3 saturated heterocycles. The number of fused-ring (bicyclic) bond motifs is 1. The zero-order valence-corrected chi connectivity index (χ0v) is 16.9. The molecule has 28 heavy (non-hydrogen) atoms. The Kier molecular flexibility index (Phi) is 4.14. The second kappa shape index (κ2) is 6.46. The molecule has 0 aliphatic carbocycles. The third kappa shape index (κ3) is 2.56. The molecule has 3 aliphatic rings. The van der Waals surface area contributed by atoms with E-state index in [1.54, 1.807) is 7.11 Å². The first kappa shape index (κ1) is 18.0. The highest BCUT2D eigenvalue weighted by Crippen LogP contribution is 2.49. The molecular weight excluding hydrogens is 352 g/mol. The van der Waals surface area contributed by atoms with Gasteiger partial charge in [0.15, 0.2) is 5.72 Å². The lowest BCUT2D eigenvalue weighted by Crippen LogP contribution is -2.50. The largest absolute Gasteiger partial charge is 0.497 e. The number of hydrogen-bond acceptors (Lipinski definition) is 4. The van der Waals surface area contributed by atoms with Crippen LogP contribution in [0.5, 0.6) is 5.75 Å². The van der Waals surface area contributed by atoms with Crippen molar-refractivity contribution in [3.63, 3.8) is 0 Å². The van der Waals surface area contributed by atoms with Crippen molar-refractivity contribution in [2.24, 2.45) is 5.92 Å². The molecule has 0 saturated carbocycles. The summed E-state index contributed by atoms with van der Waals surface area (Å²) >= 11 is 0. The summed E-state index contributed by atoms with van der Waals surface area (Å²) in [6.07, 6.45) is 1.49. The van der Waals surface area contributed by atoms with Crippen LogP contribution in [0, 0.1) is 5.92 Å². The molecule has 0 aromatic heterocycles. The standard InChI is InChI=1S/C23H28N2O3/c1-15(2)20-14-28-23-8-9-24(21(23)12-22(26)25(20)23)13-16-4-5-18-11-19(27-3)7-6-17(18)10-16/h4-7,10-11,15,20-21H,8-9,12-14H2,1-3H3/t20-,21+,23-/m0/s1. The first-order chi connectivity index (χ1) is 13.5. The van der Waals surface area contributed by atoms with Crippen molar-refractivity contribution in [3.05, 3.63) is 42.0 Å². The number of rotatable bonds is 4. The Hall–Kier alpha value is -2.11. The van der Waals surface area contributed by atoms with Crippen molar-refractivity contribution in [1.82, 2.24) is 9.80 Å². The van der Waals surface area contributed by atoms with Gasteiger partial charge in [0, 0.05) is 25.9 Å². The monoisotopic (exact) mass is 380 g/mol. The molecule has 0 unspecified atom stereocenters. The van der Waals surface area contributed by atoms with E-state index in [4.69, 9.17) is 9.47 Å². The Bertz CT molecular complexity index is 927. The first-order valence-electron chi connectivity index (χ1n) is 10.3. The molecule has 3 fully saturated rings. The molecule has 5 nitrogen and oxygen atoms in total. The van der Waals surface area contributed by atoms with E-state index in [-0.39, 0.29) is 18.0 Å². The van der Waals surface area contributed by atoms with Gasteiger partial charge in [0.25, 0.3) is 0 Å². The van der Waals surface area contributed by atoms with Crippen LogP contribution < -0.4 is 4.74 Å². The number of likely N-dealkylation sites (tertiary alicyclic amines) is 1. The molecule has 5 heteroatoms. The lowest BCUT2D eigenvalue weighted by atomic mass is 10.0. The molecule has 148 valence electrons. The summed E-state index contributed by atoms with van der Waals surface area (Å²) in [5.74, 6) is 1.56. The zero-order valence-electron chi connectivity index (χ0n) is 16.9. The number of carbonyl (C=O) groups excluding carboxylic acids is 1. The zero-order chi connectivity index (χ0) is 19.5. The van der Waals surface area contributed by atoms with Crippen LogP contribution in [-0.4, -0.2) is 53.8 Å². The van der Waals surface area contributed by atoms with E-state index in [1.165, 1.54) is 16.3 Å². The molecule has 0 bridgehead atoms. The van der Waals surface area contributed by atoms with Crippen molar-refractivity contribution in [2.45, 2.75) is 51.0 Å². The van der Waals surface area contributed by atoms with Crippen LogP contribution in [0.3, 0.4) is 0 Å². The van der Waals surface area contributed by atoms with Gasteiger partial charge >= 0.3 is 0 Å². The summed E-state index contributed by atoms with van der Waals surface area (Å²) in [6, 6.07) is 13.2. The van der Waals surface area contributed by atoms with Crippen molar-refractivity contribution < 1.29 is 14.3 Å². The van der Waals surface area contributed by atoms with Gasteiger partial charge < -0.3 is 14.4 Å². The van der Waals surface area contributed by atoms with Gasteiger partial charge in [-0.2, -0.15) is 0 Å². The number of amides is 1. The Morgan fingerprint density at radius 3 is 2.79 bits per heavy atom. The molecule has 2 aromatic rings. The van der Waals surface area contributed by atoms with Gasteiger partial charge in [-0.05, 0) is 40.5 Å². The SMILES string of the molecule is COc1ccc2cc(CN3CC[C@@]45OC[C@@H](C(C)C)N4C(=O)C[C@@H]35)ccc2c1. The molecule has 5 rings (SSSR count). The van der Waals surface area contributed by atoms with E-state index in [9.17, 15) is 4.79 Å². The second-order valence-electron chi connectivity index (χ2n) is 8.72. The third-order valence-corrected chi connectivity index (χ3v) is 6.87. The lowest BCUT2D eigenvalue weighted by Gasteiger charge is -2.34. The minimum absolute atomic E-state index is 0.162. The highest BCUT2D eigenvalue weighted by atomic mass is 16.5. The molecule has 1 amide bonds. The predicted molar refractivity (Wildman–Crippen MR) is 108 cm³/mol. The number of methoxy groups -OCH3 is 1. The van der Waals surface area contributed by atoms with Gasteiger partial charge in [0.2, 0.25) is 5.91 Å². The first-order valence-corrected chi connectivity index (χ1v) is 10.3. The fraction of sp³-hybridized carbons (Fsp3) is 0.522. The van der Waals surface area contributed by atoms with E-state index < -0.39 is 5.72 Å². The molecule has 0 radical (unpaired) electrons. The fourth-order valence-electron chi connectivity index (χ4n) is 5.38. The van der Waals surface area contributed by atoms with E-state index in [1.807, 2.05) is 6.07 Å². The van der Waals surface area contributed by atoms with Crippen LogP contribution in [0.1, 0.15) is 32.3 Å². The van der Waals surface area contributed by atoms with Crippen molar-refractivity contribution in [3.8, 4) is 5.75 Å². The molecule has 2 aromatic carbocycles. The van der Waals surface area contributed by atoms with Crippen molar-refractivity contribution in [1.29, 1.82) is 0 Å². The Labute approximate surface area is 166 Å². The molecule has 3 aliphatic heterocycles. The van der Waals surface area contributed by atoms with Gasteiger partial charge in [0.1, 0.15) is 5.75 Å². The number of nitrogens with zero attached hydrogens (tertiary/aromatic N) is 2. The van der Waals surface area contributed by atoms with Gasteiger partial charge in [-0.15, -0.1) is 0 Å². The van der Waals surface area contributed by atoms with Crippen LogP contribution in [0.4, 0.5) is 0 Å². The van der Waals surface area contributed by atoms with Crippen molar-refractivity contribution >= 4 is 16.7 Å². The average molecular weight is 380 g/mol. The van der Waals surface area contributed by atoms with Gasteiger partial charge in [-0.1, -0.05) is 32.0 Å². The van der Waals surface area contributed by atoms with Crippen LogP contribution in [0.15, 0.2) is 36.4 Å². The molecule has 3 atom stereocenters. The summed E-state index contributed by atoms with van der Waals surface area (Å²) in [6.45, 7) is 6.87. The normalized spacial score (nSPS) is 29.7.